The number of methoxy groups -OCH3 is 1. The maximum absolute atomic E-state index is 5.29. The highest BCUT2D eigenvalue weighted by atomic mass is 16.5. The highest BCUT2D eigenvalue weighted by Crippen LogP contribution is 2.47. The molecule has 0 spiro atoms. The Morgan fingerprint density at radius 2 is 1.95 bits per heavy atom. The maximum atomic E-state index is 5.29. The largest absolute Gasteiger partial charge is 0.497 e. The standard InChI is InChI=1S/C19H23NO/c1-14(16-9-6-10-18(11-16)21-2)20-13-17-12-19(17)15-7-4-3-5-8-15/h3-11,14,17,19-20H,12-13H2,1-2H3. The molecule has 1 N–H and O–H groups in total. The summed E-state index contributed by atoms with van der Waals surface area (Å²) >= 11 is 0. The molecule has 21 heavy (non-hydrogen) atoms. The lowest BCUT2D eigenvalue weighted by molar-refractivity contribution is 0.413. The van der Waals surface area contributed by atoms with Gasteiger partial charge in [-0.05, 0) is 55.0 Å². The fourth-order valence-corrected chi connectivity index (χ4v) is 2.94. The summed E-state index contributed by atoms with van der Waals surface area (Å²) in [6.45, 7) is 3.30. The zero-order valence-electron chi connectivity index (χ0n) is 12.8. The average molecular weight is 281 g/mol. The van der Waals surface area contributed by atoms with Crippen LogP contribution in [0.4, 0.5) is 0 Å². The number of benzene rings is 2. The Labute approximate surface area is 127 Å². The van der Waals surface area contributed by atoms with Crippen molar-refractivity contribution >= 4 is 0 Å². The van der Waals surface area contributed by atoms with Gasteiger partial charge in [-0.25, -0.2) is 0 Å². The van der Waals surface area contributed by atoms with Gasteiger partial charge in [0, 0.05) is 6.04 Å². The maximum Gasteiger partial charge on any atom is 0.119 e. The topological polar surface area (TPSA) is 21.3 Å². The zero-order valence-corrected chi connectivity index (χ0v) is 12.8. The molecule has 3 rings (SSSR count). The summed E-state index contributed by atoms with van der Waals surface area (Å²) in [6, 6.07) is 19.5. The Morgan fingerprint density at radius 3 is 2.71 bits per heavy atom. The fraction of sp³-hybridized carbons (Fsp3) is 0.368. The van der Waals surface area contributed by atoms with Crippen LogP contribution < -0.4 is 10.1 Å². The van der Waals surface area contributed by atoms with Crippen LogP contribution in [-0.2, 0) is 0 Å². The second-order valence-electron chi connectivity index (χ2n) is 5.92. The molecule has 1 aliphatic rings. The third-order valence-corrected chi connectivity index (χ3v) is 4.43. The molecule has 0 saturated heterocycles. The third-order valence-electron chi connectivity index (χ3n) is 4.43. The van der Waals surface area contributed by atoms with Crippen LogP contribution in [0, 0.1) is 5.92 Å². The molecule has 0 aromatic heterocycles. The minimum absolute atomic E-state index is 0.358. The number of hydrogen-bond acceptors (Lipinski definition) is 2. The summed E-state index contributed by atoms with van der Waals surface area (Å²) in [5, 5.41) is 3.66. The minimum atomic E-state index is 0.358. The van der Waals surface area contributed by atoms with E-state index in [0.29, 0.717) is 6.04 Å². The SMILES string of the molecule is COc1cccc(C(C)NCC2CC2c2ccccc2)c1. The summed E-state index contributed by atoms with van der Waals surface area (Å²) in [5.74, 6) is 2.45. The van der Waals surface area contributed by atoms with E-state index >= 15 is 0 Å². The van der Waals surface area contributed by atoms with Crippen LogP contribution in [0.25, 0.3) is 0 Å². The molecule has 1 saturated carbocycles. The molecule has 2 heteroatoms. The van der Waals surface area contributed by atoms with Crippen molar-refractivity contribution in [1.82, 2.24) is 5.32 Å². The Balaban J connectivity index is 1.52. The van der Waals surface area contributed by atoms with Crippen molar-refractivity contribution in [3.63, 3.8) is 0 Å². The normalized spacial score (nSPS) is 21.8. The van der Waals surface area contributed by atoms with Gasteiger partial charge in [-0.3, -0.25) is 0 Å². The first-order valence-corrected chi connectivity index (χ1v) is 7.70. The summed E-state index contributed by atoms with van der Waals surface area (Å²) < 4.78 is 5.29. The van der Waals surface area contributed by atoms with Gasteiger partial charge in [0.05, 0.1) is 7.11 Å². The second-order valence-corrected chi connectivity index (χ2v) is 5.92. The predicted octanol–water partition coefficient (Wildman–Crippen LogP) is 4.15. The molecule has 110 valence electrons. The molecule has 2 aromatic carbocycles. The van der Waals surface area contributed by atoms with Gasteiger partial charge < -0.3 is 10.1 Å². The van der Waals surface area contributed by atoms with Gasteiger partial charge in [0.2, 0.25) is 0 Å². The van der Waals surface area contributed by atoms with E-state index in [2.05, 4.69) is 60.8 Å². The second kappa shape index (κ2) is 6.31. The van der Waals surface area contributed by atoms with Crippen LogP contribution in [0.2, 0.25) is 0 Å². The van der Waals surface area contributed by atoms with E-state index in [1.54, 1.807) is 7.11 Å². The average Bonchev–Trinajstić information content (AvgIpc) is 3.33. The molecule has 0 heterocycles. The number of rotatable bonds is 6. The van der Waals surface area contributed by atoms with E-state index in [0.717, 1.165) is 24.1 Å². The highest BCUT2D eigenvalue weighted by molar-refractivity contribution is 5.30. The van der Waals surface area contributed by atoms with Crippen LogP contribution in [0.3, 0.4) is 0 Å². The molecule has 1 aliphatic carbocycles. The van der Waals surface area contributed by atoms with Crippen molar-refractivity contribution in [2.75, 3.05) is 13.7 Å². The first-order valence-electron chi connectivity index (χ1n) is 7.70. The molecule has 3 unspecified atom stereocenters. The summed E-state index contributed by atoms with van der Waals surface area (Å²) in [5.41, 5.74) is 2.77. The molecule has 0 radical (unpaired) electrons. The molecule has 2 nitrogen and oxygen atoms in total. The lowest BCUT2D eigenvalue weighted by atomic mass is 10.1. The van der Waals surface area contributed by atoms with E-state index in [4.69, 9.17) is 4.74 Å². The van der Waals surface area contributed by atoms with Crippen molar-refractivity contribution in [1.29, 1.82) is 0 Å². The first-order chi connectivity index (χ1) is 10.3. The molecule has 0 bridgehead atoms. The smallest absolute Gasteiger partial charge is 0.119 e. The number of nitrogens with one attached hydrogen (secondary N) is 1. The van der Waals surface area contributed by atoms with Crippen molar-refractivity contribution in [3.8, 4) is 5.75 Å². The molecule has 3 atom stereocenters. The molecule has 2 aromatic rings. The Hall–Kier alpha value is -1.80. The van der Waals surface area contributed by atoms with Crippen molar-refractivity contribution in [2.45, 2.75) is 25.3 Å². The van der Waals surface area contributed by atoms with Crippen LogP contribution in [0.1, 0.15) is 36.4 Å². The van der Waals surface area contributed by atoms with Gasteiger partial charge in [-0.15, -0.1) is 0 Å². The van der Waals surface area contributed by atoms with Crippen LogP contribution >= 0.6 is 0 Å². The lowest BCUT2D eigenvalue weighted by Gasteiger charge is -2.15. The molecular weight excluding hydrogens is 258 g/mol. The van der Waals surface area contributed by atoms with Gasteiger partial charge in [0.15, 0.2) is 0 Å². The van der Waals surface area contributed by atoms with Gasteiger partial charge in [-0.1, -0.05) is 42.5 Å². The van der Waals surface area contributed by atoms with E-state index in [1.165, 1.54) is 17.5 Å². The van der Waals surface area contributed by atoms with Gasteiger partial charge in [-0.2, -0.15) is 0 Å². The lowest BCUT2D eigenvalue weighted by Crippen LogP contribution is -2.21. The van der Waals surface area contributed by atoms with Crippen molar-refractivity contribution in [3.05, 3.63) is 65.7 Å². The first kappa shape index (κ1) is 14.2. The fourth-order valence-electron chi connectivity index (χ4n) is 2.94. The summed E-state index contributed by atoms with van der Waals surface area (Å²) in [6.07, 6.45) is 1.31. The van der Waals surface area contributed by atoms with Crippen molar-refractivity contribution in [2.24, 2.45) is 5.92 Å². The summed E-state index contributed by atoms with van der Waals surface area (Å²) in [7, 11) is 1.71. The Bertz CT molecular complexity index is 581. The molecular formula is C19H23NO. The monoisotopic (exact) mass is 281 g/mol. The molecule has 0 aliphatic heterocycles. The summed E-state index contributed by atoms with van der Waals surface area (Å²) in [4.78, 5) is 0. The van der Waals surface area contributed by atoms with Crippen molar-refractivity contribution < 1.29 is 4.74 Å². The van der Waals surface area contributed by atoms with E-state index in [9.17, 15) is 0 Å². The van der Waals surface area contributed by atoms with E-state index in [1.807, 2.05) is 6.07 Å². The molecule has 1 fully saturated rings. The van der Waals surface area contributed by atoms with Gasteiger partial charge in [0.25, 0.3) is 0 Å². The predicted molar refractivity (Wildman–Crippen MR) is 86.7 cm³/mol. The zero-order chi connectivity index (χ0) is 14.7. The Kier molecular flexibility index (Phi) is 4.26. The molecule has 0 amide bonds. The van der Waals surface area contributed by atoms with E-state index < -0.39 is 0 Å². The third kappa shape index (κ3) is 3.45. The van der Waals surface area contributed by atoms with Crippen LogP contribution in [0.5, 0.6) is 5.75 Å². The van der Waals surface area contributed by atoms with E-state index in [-0.39, 0.29) is 0 Å². The van der Waals surface area contributed by atoms with Gasteiger partial charge >= 0.3 is 0 Å². The highest BCUT2D eigenvalue weighted by Gasteiger charge is 2.37. The van der Waals surface area contributed by atoms with Crippen LogP contribution in [-0.4, -0.2) is 13.7 Å². The quantitative estimate of drug-likeness (QED) is 0.859. The minimum Gasteiger partial charge on any atom is -0.497 e. The van der Waals surface area contributed by atoms with Crippen LogP contribution in [0.15, 0.2) is 54.6 Å². The van der Waals surface area contributed by atoms with Gasteiger partial charge in [0.1, 0.15) is 5.75 Å². The Morgan fingerprint density at radius 1 is 1.14 bits per heavy atom. The number of ether oxygens (including phenoxy) is 1. The number of hydrogen-bond donors (Lipinski definition) is 1.